The third kappa shape index (κ3) is 2.47. The van der Waals surface area contributed by atoms with E-state index in [2.05, 4.69) is 11.2 Å². The molecule has 2 nitrogen and oxygen atoms in total. The van der Waals surface area contributed by atoms with Crippen molar-refractivity contribution in [3.8, 4) is 0 Å². The normalized spacial score (nSPS) is 13.4. The number of thiazole rings is 1. The van der Waals surface area contributed by atoms with Gasteiger partial charge in [-0.15, -0.1) is 11.3 Å². The van der Waals surface area contributed by atoms with E-state index in [0.717, 1.165) is 5.75 Å². The summed E-state index contributed by atoms with van der Waals surface area (Å²) in [5, 5.41) is 1.17. The molecule has 0 amide bonds. The minimum Gasteiger partial charge on any atom is -0.323 e. The van der Waals surface area contributed by atoms with E-state index in [-0.39, 0.29) is 6.04 Å². The fraction of sp³-hybridized carbons (Fsp3) is 0.571. The Hall–Kier alpha value is -0.0600. The van der Waals surface area contributed by atoms with Gasteiger partial charge in [0.1, 0.15) is 5.01 Å². The van der Waals surface area contributed by atoms with Crippen molar-refractivity contribution in [2.45, 2.75) is 18.7 Å². The molecule has 0 aliphatic rings. The van der Waals surface area contributed by atoms with Crippen LogP contribution >= 0.6 is 23.1 Å². The van der Waals surface area contributed by atoms with E-state index < -0.39 is 0 Å². The quantitative estimate of drug-likeness (QED) is 0.789. The molecule has 1 aromatic heterocycles. The average molecular weight is 188 g/mol. The van der Waals surface area contributed by atoms with Gasteiger partial charge in [0.25, 0.3) is 0 Å². The molecule has 1 aromatic rings. The van der Waals surface area contributed by atoms with Crippen LogP contribution in [-0.2, 0) is 5.75 Å². The lowest BCUT2D eigenvalue weighted by Gasteiger charge is -1.96. The summed E-state index contributed by atoms with van der Waals surface area (Å²) in [7, 11) is 0. The van der Waals surface area contributed by atoms with Gasteiger partial charge in [0.05, 0.1) is 0 Å². The van der Waals surface area contributed by atoms with Gasteiger partial charge in [-0.1, -0.05) is 0 Å². The predicted octanol–water partition coefficient (Wildman–Crippen LogP) is 2.03. The highest BCUT2D eigenvalue weighted by Gasteiger charge is 2.04. The number of thioether (sulfide) groups is 1. The summed E-state index contributed by atoms with van der Waals surface area (Å²) >= 11 is 3.50. The van der Waals surface area contributed by atoms with Crippen molar-refractivity contribution in [2.75, 3.05) is 6.26 Å². The van der Waals surface area contributed by atoms with E-state index in [4.69, 9.17) is 5.73 Å². The van der Waals surface area contributed by atoms with Crippen molar-refractivity contribution in [2.24, 2.45) is 5.73 Å². The minimum atomic E-state index is 0.128. The molecular formula is C7H12N2S2. The van der Waals surface area contributed by atoms with Crippen LogP contribution in [0.25, 0.3) is 0 Å². The third-order valence-corrected chi connectivity index (χ3v) is 3.23. The summed E-state index contributed by atoms with van der Waals surface area (Å²) in [6, 6.07) is 0.128. The Bertz CT molecular complexity index is 220. The maximum Gasteiger partial charge on any atom is 0.103 e. The molecule has 1 heterocycles. The van der Waals surface area contributed by atoms with Crippen molar-refractivity contribution in [3.63, 3.8) is 0 Å². The Morgan fingerprint density at radius 3 is 3.00 bits per heavy atom. The Kier molecular flexibility index (Phi) is 3.36. The zero-order valence-corrected chi connectivity index (χ0v) is 8.34. The minimum absolute atomic E-state index is 0.128. The first-order valence-corrected chi connectivity index (χ1v) is 5.64. The van der Waals surface area contributed by atoms with Gasteiger partial charge in [-0.3, -0.25) is 0 Å². The fourth-order valence-electron chi connectivity index (χ4n) is 0.725. The summed E-state index contributed by atoms with van der Waals surface area (Å²) in [5.74, 6) is 0.997. The lowest BCUT2D eigenvalue weighted by Crippen LogP contribution is -2.01. The zero-order chi connectivity index (χ0) is 8.27. The van der Waals surface area contributed by atoms with Gasteiger partial charge >= 0.3 is 0 Å². The second kappa shape index (κ2) is 4.09. The van der Waals surface area contributed by atoms with Gasteiger partial charge in [0.15, 0.2) is 0 Å². The smallest absolute Gasteiger partial charge is 0.103 e. The van der Waals surface area contributed by atoms with Gasteiger partial charge in [0.2, 0.25) is 0 Å². The maximum absolute atomic E-state index is 5.69. The molecule has 0 aliphatic carbocycles. The highest BCUT2D eigenvalue weighted by molar-refractivity contribution is 7.97. The van der Waals surface area contributed by atoms with Crippen LogP contribution in [0.3, 0.4) is 0 Å². The summed E-state index contributed by atoms with van der Waals surface area (Å²) in [6.07, 6.45) is 3.95. The SMILES string of the molecule is CSCc1ncc(C(C)N)s1. The molecule has 0 aromatic carbocycles. The summed E-state index contributed by atoms with van der Waals surface area (Å²) in [6.45, 7) is 1.98. The first-order chi connectivity index (χ1) is 5.24. The number of aromatic nitrogens is 1. The van der Waals surface area contributed by atoms with Crippen molar-refractivity contribution in [1.29, 1.82) is 0 Å². The molecule has 1 atom stereocenters. The Balaban J connectivity index is 2.66. The van der Waals surface area contributed by atoms with Gasteiger partial charge in [0, 0.05) is 22.9 Å². The van der Waals surface area contributed by atoms with E-state index in [1.807, 2.05) is 13.1 Å². The van der Waals surface area contributed by atoms with E-state index in [1.165, 1.54) is 9.88 Å². The van der Waals surface area contributed by atoms with Crippen LogP contribution in [0.2, 0.25) is 0 Å². The second-order valence-electron chi connectivity index (χ2n) is 2.38. The standard InChI is InChI=1S/C7H12N2S2/c1-5(8)6-3-9-7(11-6)4-10-2/h3,5H,4,8H2,1-2H3. The van der Waals surface area contributed by atoms with Crippen molar-refractivity contribution >= 4 is 23.1 Å². The predicted molar refractivity (Wildman–Crippen MR) is 51.9 cm³/mol. The van der Waals surface area contributed by atoms with Crippen LogP contribution in [0.5, 0.6) is 0 Å². The van der Waals surface area contributed by atoms with Gasteiger partial charge in [-0.2, -0.15) is 11.8 Å². The Morgan fingerprint density at radius 2 is 2.55 bits per heavy atom. The lowest BCUT2D eigenvalue weighted by atomic mass is 10.3. The third-order valence-electron chi connectivity index (χ3n) is 1.29. The van der Waals surface area contributed by atoms with E-state index in [0.29, 0.717) is 0 Å². The fourth-order valence-corrected chi connectivity index (χ4v) is 2.30. The number of nitrogens with zero attached hydrogens (tertiary/aromatic N) is 1. The maximum atomic E-state index is 5.69. The average Bonchev–Trinajstić information content (AvgIpc) is 2.37. The van der Waals surface area contributed by atoms with Crippen molar-refractivity contribution in [3.05, 3.63) is 16.1 Å². The Morgan fingerprint density at radius 1 is 1.82 bits per heavy atom. The Labute approximate surface area is 75.2 Å². The van der Waals surface area contributed by atoms with Gasteiger partial charge in [-0.25, -0.2) is 4.98 Å². The summed E-state index contributed by atoms with van der Waals surface area (Å²) in [4.78, 5) is 5.42. The van der Waals surface area contributed by atoms with Crippen LogP contribution in [0.1, 0.15) is 22.9 Å². The number of hydrogen-bond donors (Lipinski definition) is 1. The van der Waals surface area contributed by atoms with Gasteiger partial charge in [-0.05, 0) is 13.2 Å². The molecule has 0 aliphatic heterocycles. The summed E-state index contributed by atoms with van der Waals surface area (Å²) in [5.41, 5.74) is 5.69. The first-order valence-electron chi connectivity index (χ1n) is 3.43. The molecule has 0 radical (unpaired) electrons. The molecule has 62 valence electrons. The van der Waals surface area contributed by atoms with Crippen LogP contribution in [-0.4, -0.2) is 11.2 Å². The van der Waals surface area contributed by atoms with Crippen LogP contribution in [0.15, 0.2) is 6.20 Å². The number of hydrogen-bond acceptors (Lipinski definition) is 4. The van der Waals surface area contributed by atoms with Crippen LogP contribution < -0.4 is 5.73 Å². The lowest BCUT2D eigenvalue weighted by molar-refractivity contribution is 0.835. The molecule has 2 N–H and O–H groups in total. The second-order valence-corrected chi connectivity index (χ2v) is 4.39. The molecule has 11 heavy (non-hydrogen) atoms. The molecular weight excluding hydrogens is 176 g/mol. The van der Waals surface area contributed by atoms with Crippen LogP contribution in [0, 0.1) is 0 Å². The van der Waals surface area contributed by atoms with E-state index >= 15 is 0 Å². The zero-order valence-electron chi connectivity index (χ0n) is 6.70. The molecule has 0 spiro atoms. The first kappa shape index (κ1) is 9.03. The molecule has 0 fully saturated rings. The number of nitrogens with two attached hydrogens (primary N) is 1. The monoisotopic (exact) mass is 188 g/mol. The summed E-state index contributed by atoms with van der Waals surface area (Å²) < 4.78 is 0. The topological polar surface area (TPSA) is 38.9 Å². The molecule has 0 saturated carbocycles. The molecule has 1 unspecified atom stereocenters. The highest BCUT2D eigenvalue weighted by Crippen LogP contribution is 2.21. The van der Waals surface area contributed by atoms with Crippen LogP contribution in [0.4, 0.5) is 0 Å². The van der Waals surface area contributed by atoms with Gasteiger partial charge < -0.3 is 5.73 Å². The van der Waals surface area contributed by atoms with E-state index in [9.17, 15) is 0 Å². The molecule has 0 bridgehead atoms. The van der Waals surface area contributed by atoms with Crippen molar-refractivity contribution in [1.82, 2.24) is 4.98 Å². The van der Waals surface area contributed by atoms with E-state index in [1.54, 1.807) is 23.1 Å². The number of rotatable bonds is 3. The van der Waals surface area contributed by atoms with Crippen molar-refractivity contribution < 1.29 is 0 Å². The largest absolute Gasteiger partial charge is 0.323 e. The molecule has 1 rings (SSSR count). The molecule has 4 heteroatoms. The highest BCUT2D eigenvalue weighted by atomic mass is 32.2. The molecule has 0 saturated heterocycles.